The van der Waals surface area contributed by atoms with Crippen molar-refractivity contribution in [3.63, 3.8) is 0 Å². The van der Waals surface area contributed by atoms with Gasteiger partial charge in [0.25, 0.3) is 5.91 Å². The predicted octanol–water partition coefficient (Wildman–Crippen LogP) is 4.92. The minimum Gasteiger partial charge on any atom is -0.451 e. The maximum Gasteiger partial charge on any atom is 0.291 e. The number of nitrogens with one attached hydrogen (secondary N) is 1. The highest BCUT2D eigenvalue weighted by Gasteiger charge is 2.13. The van der Waals surface area contributed by atoms with Crippen LogP contribution in [0.1, 0.15) is 31.3 Å². The molecule has 24 heavy (non-hydrogen) atoms. The van der Waals surface area contributed by atoms with Crippen LogP contribution in [0.25, 0.3) is 11.0 Å². The average Bonchev–Trinajstić information content (AvgIpc) is 3.01. The van der Waals surface area contributed by atoms with E-state index in [2.05, 4.69) is 31.0 Å². The van der Waals surface area contributed by atoms with E-state index in [1.807, 2.05) is 48.5 Å². The Kier molecular flexibility index (Phi) is 4.56. The topological polar surface area (TPSA) is 45.5 Å². The normalized spacial score (nSPS) is 11.0. The van der Waals surface area contributed by atoms with Crippen molar-refractivity contribution in [2.45, 2.75) is 26.8 Å². The van der Waals surface area contributed by atoms with Crippen LogP contribution < -0.4 is 10.2 Å². The van der Waals surface area contributed by atoms with E-state index in [0.29, 0.717) is 17.4 Å². The maximum atomic E-state index is 12.4. The van der Waals surface area contributed by atoms with Crippen LogP contribution >= 0.6 is 0 Å². The van der Waals surface area contributed by atoms with Crippen LogP contribution in [-0.4, -0.2) is 18.5 Å². The van der Waals surface area contributed by atoms with Gasteiger partial charge in [-0.3, -0.25) is 4.79 Å². The zero-order chi connectivity index (χ0) is 17.1. The smallest absolute Gasteiger partial charge is 0.291 e. The second-order valence-electron chi connectivity index (χ2n) is 6.03. The third kappa shape index (κ3) is 3.27. The molecule has 0 aliphatic rings. The molecule has 4 nitrogen and oxygen atoms in total. The average molecular weight is 322 g/mol. The molecule has 4 heteroatoms. The highest BCUT2D eigenvalue weighted by atomic mass is 16.3. The zero-order valence-corrected chi connectivity index (χ0v) is 14.2. The lowest BCUT2D eigenvalue weighted by atomic mass is 10.2. The summed E-state index contributed by atoms with van der Waals surface area (Å²) in [5.41, 5.74) is 2.62. The molecule has 124 valence electrons. The molecule has 1 aromatic heterocycles. The fourth-order valence-corrected chi connectivity index (χ4v) is 2.87. The Morgan fingerprint density at radius 1 is 1.12 bits per heavy atom. The van der Waals surface area contributed by atoms with Gasteiger partial charge in [0, 0.05) is 29.3 Å². The first-order valence-corrected chi connectivity index (χ1v) is 8.25. The van der Waals surface area contributed by atoms with E-state index in [1.165, 1.54) is 0 Å². The summed E-state index contributed by atoms with van der Waals surface area (Å²) in [5.74, 6) is 0.0767. The summed E-state index contributed by atoms with van der Waals surface area (Å²) in [7, 11) is 0. The number of hydrogen-bond donors (Lipinski definition) is 1. The number of hydrogen-bond acceptors (Lipinski definition) is 3. The van der Waals surface area contributed by atoms with Gasteiger partial charge in [-0.15, -0.1) is 0 Å². The summed E-state index contributed by atoms with van der Waals surface area (Å²) >= 11 is 0. The predicted molar refractivity (Wildman–Crippen MR) is 98.8 cm³/mol. The number of amides is 1. The molecule has 0 aliphatic heterocycles. The van der Waals surface area contributed by atoms with Crippen LogP contribution in [0.15, 0.2) is 59.0 Å². The summed E-state index contributed by atoms with van der Waals surface area (Å²) in [6.45, 7) is 7.42. The van der Waals surface area contributed by atoms with E-state index in [1.54, 1.807) is 6.07 Å². The van der Waals surface area contributed by atoms with Crippen LogP contribution in [0, 0.1) is 0 Å². The van der Waals surface area contributed by atoms with E-state index >= 15 is 0 Å². The first-order valence-electron chi connectivity index (χ1n) is 8.25. The number of rotatable bonds is 5. The molecule has 0 bridgehead atoms. The van der Waals surface area contributed by atoms with Gasteiger partial charge < -0.3 is 14.6 Å². The second-order valence-corrected chi connectivity index (χ2v) is 6.03. The van der Waals surface area contributed by atoms with Crippen LogP contribution in [0.4, 0.5) is 11.4 Å². The van der Waals surface area contributed by atoms with Crippen molar-refractivity contribution in [2.75, 3.05) is 16.8 Å². The van der Waals surface area contributed by atoms with Crippen LogP contribution in [0.5, 0.6) is 0 Å². The number of furan rings is 1. The highest BCUT2D eigenvalue weighted by Crippen LogP contribution is 2.22. The van der Waals surface area contributed by atoms with Gasteiger partial charge in [0.15, 0.2) is 5.76 Å². The van der Waals surface area contributed by atoms with Crippen molar-refractivity contribution < 1.29 is 9.21 Å². The summed E-state index contributed by atoms with van der Waals surface area (Å²) < 4.78 is 5.59. The molecule has 0 saturated heterocycles. The van der Waals surface area contributed by atoms with Gasteiger partial charge in [-0.1, -0.05) is 18.2 Å². The van der Waals surface area contributed by atoms with Gasteiger partial charge in [-0.25, -0.2) is 0 Å². The molecule has 0 saturated carbocycles. The lowest BCUT2D eigenvalue weighted by molar-refractivity contribution is 0.0998. The van der Waals surface area contributed by atoms with E-state index in [0.717, 1.165) is 23.3 Å². The number of para-hydroxylation sites is 1. The standard InChI is InChI=1S/C20H22N2O2/c1-4-22(14(2)3)17-11-9-16(10-12-17)21-20(23)19-13-15-7-5-6-8-18(15)24-19/h5-14H,4H2,1-3H3,(H,21,23). The number of nitrogens with zero attached hydrogens (tertiary/aromatic N) is 1. The van der Waals surface area contributed by atoms with Crippen molar-refractivity contribution in [3.8, 4) is 0 Å². The Morgan fingerprint density at radius 2 is 1.83 bits per heavy atom. The van der Waals surface area contributed by atoms with Gasteiger partial charge in [-0.05, 0) is 57.2 Å². The molecule has 1 heterocycles. The number of benzene rings is 2. The van der Waals surface area contributed by atoms with Gasteiger partial charge in [0.2, 0.25) is 0 Å². The van der Waals surface area contributed by atoms with Crippen LogP contribution in [0.2, 0.25) is 0 Å². The summed E-state index contributed by atoms with van der Waals surface area (Å²) in [6, 6.07) is 17.7. The fraction of sp³-hybridized carbons (Fsp3) is 0.250. The van der Waals surface area contributed by atoms with E-state index in [-0.39, 0.29) is 5.91 Å². The van der Waals surface area contributed by atoms with Crippen LogP contribution in [0.3, 0.4) is 0 Å². The SMILES string of the molecule is CCN(c1ccc(NC(=O)c2cc3ccccc3o2)cc1)C(C)C. The molecule has 0 unspecified atom stereocenters. The van der Waals surface area contributed by atoms with Gasteiger partial charge in [-0.2, -0.15) is 0 Å². The Morgan fingerprint density at radius 3 is 2.46 bits per heavy atom. The molecule has 1 N–H and O–H groups in total. The van der Waals surface area contributed by atoms with Crippen molar-refractivity contribution >= 4 is 28.3 Å². The summed E-state index contributed by atoms with van der Waals surface area (Å²) in [5, 5.41) is 3.81. The molecule has 3 aromatic rings. The summed E-state index contributed by atoms with van der Waals surface area (Å²) in [6.07, 6.45) is 0. The maximum absolute atomic E-state index is 12.4. The van der Waals surface area contributed by atoms with E-state index < -0.39 is 0 Å². The first-order chi connectivity index (χ1) is 11.6. The van der Waals surface area contributed by atoms with Gasteiger partial charge in [0.1, 0.15) is 5.58 Å². The molecule has 0 spiro atoms. The Hall–Kier alpha value is -2.75. The minimum absolute atomic E-state index is 0.241. The molecular formula is C20H22N2O2. The Bertz CT molecular complexity index is 801. The number of fused-ring (bicyclic) bond motifs is 1. The zero-order valence-electron chi connectivity index (χ0n) is 14.2. The molecule has 0 fully saturated rings. The monoisotopic (exact) mass is 322 g/mol. The van der Waals surface area contributed by atoms with Crippen molar-refractivity contribution in [3.05, 3.63) is 60.4 Å². The lowest BCUT2D eigenvalue weighted by Gasteiger charge is -2.27. The quantitative estimate of drug-likeness (QED) is 0.725. The number of carbonyl (C=O) groups excluding carboxylic acids is 1. The van der Waals surface area contributed by atoms with E-state index in [4.69, 9.17) is 4.42 Å². The molecule has 2 aromatic carbocycles. The highest BCUT2D eigenvalue weighted by molar-refractivity contribution is 6.04. The number of anilines is 2. The Labute approximate surface area is 142 Å². The number of carbonyl (C=O) groups is 1. The van der Waals surface area contributed by atoms with Gasteiger partial charge in [0.05, 0.1) is 0 Å². The van der Waals surface area contributed by atoms with E-state index in [9.17, 15) is 4.79 Å². The molecule has 0 aliphatic carbocycles. The fourth-order valence-electron chi connectivity index (χ4n) is 2.87. The second kappa shape index (κ2) is 6.79. The summed E-state index contributed by atoms with van der Waals surface area (Å²) in [4.78, 5) is 14.6. The minimum atomic E-state index is -0.241. The van der Waals surface area contributed by atoms with Gasteiger partial charge >= 0.3 is 0 Å². The molecular weight excluding hydrogens is 300 g/mol. The van der Waals surface area contributed by atoms with Crippen molar-refractivity contribution in [1.82, 2.24) is 0 Å². The van der Waals surface area contributed by atoms with Crippen molar-refractivity contribution in [1.29, 1.82) is 0 Å². The largest absolute Gasteiger partial charge is 0.451 e. The first kappa shape index (κ1) is 16.1. The molecule has 0 radical (unpaired) electrons. The lowest BCUT2D eigenvalue weighted by Crippen LogP contribution is -2.30. The third-order valence-electron chi connectivity index (χ3n) is 4.07. The molecule has 1 amide bonds. The Balaban J connectivity index is 1.74. The molecule has 0 atom stereocenters. The molecule has 3 rings (SSSR count). The van der Waals surface area contributed by atoms with Crippen molar-refractivity contribution in [2.24, 2.45) is 0 Å². The van der Waals surface area contributed by atoms with Crippen LogP contribution in [-0.2, 0) is 0 Å². The third-order valence-corrected chi connectivity index (χ3v) is 4.07.